The second kappa shape index (κ2) is 4.50. The Morgan fingerprint density at radius 3 is 2.50 bits per heavy atom. The van der Waals surface area contributed by atoms with E-state index >= 15 is 0 Å². The van der Waals surface area contributed by atoms with Crippen LogP contribution in [0.4, 0.5) is 5.69 Å². The van der Waals surface area contributed by atoms with E-state index in [0.717, 1.165) is 22.5 Å². The van der Waals surface area contributed by atoms with Crippen LogP contribution in [0.1, 0.15) is 11.1 Å². The first-order chi connectivity index (χ1) is 8.74. The summed E-state index contributed by atoms with van der Waals surface area (Å²) in [6, 6.07) is 16.5. The highest BCUT2D eigenvalue weighted by atomic mass is 79.9. The summed E-state index contributed by atoms with van der Waals surface area (Å²) >= 11 is 3.45. The lowest BCUT2D eigenvalue weighted by Crippen LogP contribution is -2.29. The van der Waals surface area contributed by atoms with E-state index in [-0.39, 0.29) is 0 Å². The Morgan fingerprint density at radius 1 is 1.00 bits per heavy atom. The van der Waals surface area contributed by atoms with Crippen molar-refractivity contribution in [2.45, 2.75) is 6.54 Å². The standard InChI is InChI=1S/C15H13BrN2/c16-13-5-7-14(8-6-13)18-10-12-4-2-1-3-11(12)9-15(18)17/h1-9H,10,17H2. The molecule has 2 nitrogen and oxygen atoms in total. The van der Waals surface area contributed by atoms with Gasteiger partial charge in [-0.3, -0.25) is 0 Å². The maximum Gasteiger partial charge on any atom is 0.104 e. The molecule has 1 aliphatic rings. The molecule has 3 heteroatoms. The summed E-state index contributed by atoms with van der Waals surface area (Å²) in [6.07, 6.45) is 2.03. The summed E-state index contributed by atoms with van der Waals surface area (Å²) in [6.45, 7) is 0.820. The molecule has 18 heavy (non-hydrogen) atoms. The predicted octanol–water partition coefficient (Wildman–Crippen LogP) is 3.73. The number of nitrogens with two attached hydrogens (primary N) is 1. The fraction of sp³-hybridized carbons (Fsp3) is 0.0667. The fourth-order valence-corrected chi connectivity index (χ4v) is 2.44. The maximum atomic E-state index is 6.14. The molecule has 0 saturated carbocycles. The Morgan fingerprint density at radius 2 is 1.72 bits per heavy atom. The third kappa shape index (κ3) is 2.02. The van der Waals surface area contributed by atoms with E-state index in [1.54, 1.807) is 0 Å². The van der Waals surface area contributed by atoms with Crippen LogP contribution in [0.2, 0.25) is 0 Å². The quantitative estimate of drug-likeness (QED) is 0.869. The monoisotopic (exact) mass is 300 g/mol. The number of hydrogen-bond acceptors (Lipinski definition) is 2. The highest BCUT2D eigenvalue weighted by Crippen LogP contribution is 2.28. The molecular formula is C15H13BrN2. The third-order valence-corrected chi connectivity index (χ3v) is 3.67. The number of anilines is 1. The molecule has 0 spiro atoms. The van der Waals surface area contributed by atoms with Gasteiger partial charge >= 0.3 is 0 Å². The van der Waals surface area contributed by atoms with Gasteiger partial charge in [-0.15, -0.1) is 0 Å². The lowest BCUT2D eigenvalue weighted by molar-refractivity contribution is 0.888. The van der Waals surface area contributed by atoms with Gasteiger partial charge in [-0.2, -0.15) is 0 Å². The SMILES string of the molecule is NC1=Cc2ccccc2CN1c1ccc(Br)cc1. The number of nitrogens with zero attached hydrogens (tertiary/aromatic N) is 1. The maximum absolute atomic E-state index is 6.14. The largest absolute Gasteiger partial charge is 0.385 e. The van der Waals surface area contributed by atoms with Crippen molar-refractivity contribution >= 4 is 27.7 Å². The smallest absolute Gasteiger partial charge is 0.104 e. The first-order valence-electron chi connectivity index (χ1n) is 5.82. The first-order valence-corrected chi connectivity index (χ1v) is 6.61. The van der Waals surface area contributed by atoms with Crippen molar-refractivity contribution in [3.05, 3.63) is 70.0 Å². The molecule has 0 aromatic heterocycles. The summed E-state index contributed by atoms with van der Waals surface area (Å²) in [5.41, 5.74) is 9.76. The summed E-state index contributed by atoms with van der Waals surface area (Å²) in [5, 5.41) is 0. The molecule has 2 N–H and O–H groups in total. The van der Waals surface area contributed by atoms with E-state index in [1.165, 1.54) is 11.1 Å². The van der Waals surface area contributed by atoms with E-state index in [2.05, 4.69) is 51.2 Å². The number of fused-ring (bicyclic) bond motifs is 1. The van der Waals surface area contributed by atoms with Gasteiger partial charge in [-0.25, -0.2) is 0 Å². The molecule has 0 radical (unpaired) electrons. The van der Waals surface area contributed by atoms with Gasteiger partial charge in [0.15, 0.2) is 0 Å². The lowest BCUT2D eigenvalue weighted by Gasteiger charge is -2.29. The molecule has 0 atom stereocenters. The Kier molecular flexibility index (Phi) is 2.84. The van der Waals surface area contributed by atoms with Crippen LogP contribution < -0.4 is 10.6 Å². The van der Waals surface area contributed by atoms with Gasteiger partial charge in [0.25, 0.3) is 0 Å². The zero-order valence-electron chi connectivity index (χ0n) is 9.81. The minimum Gasteiger partial charge on any atom is -0.385 e. The number of benzene rings is 2. The highest BCUT2D eigenvalue weighted by molar-refractivity contribution is 9.10. The third-order valence-electron chi connectivity index (χ3n) is 3.14. The van der Waals surface area contributed by atoms with Crippen molar-refractivity contribution < 1.29 is 0 Å². The molecule has 2 aromatic carbocycles. The molecule has 0 saturated heterocycles. The number of halogens is 1. The van der Waals surface area contributed by atoms with Gasteiger partial charge in [0.05, 0.1) is 6.54 Å². The van der Waals surface area contributed by atoms with Crippen molar-refractivity contribution in [2.24, 2.45) is 5.73 Å². The summed E-state index contributed by atoms with van der Waals surface area (Å²) < 4.78 is 1.08. The van der Waals surface area contributed by atoms with Gasteiger partial charge in [0.2, 0.25) is 0 Å². The van der Waals surface area contributed by atoms with E-state index in [9.17, 15) is 0 Å². The number of hydrogen-bond donors (Lipinski definition) is 1. The minimum absolute atomic E-state index is 0.788. The second-order valence-electron chi connectivity index (χ2n) is 4.33. The van der Waals surface area contributed by atoms with E-state index in [4.69, 9.17) is 5.73 Å². The van der Waals surface area contributed by atoms with Crippen molar-refractivity contribution in [2.75, 3.05) is 4.90 Å². The van der Waals surface area contributed by atoms with Crippen LogP contribution in [0.15, 0.2) is 58.8 Å². The predicted molar refractivity (Wildman–Crippen MR) is 78.9 cm³/mol. The van der Waals surface area contributed by atoms with Gasteiger partial charge in [0, 0.05) is 10.2 Å². The molecule has 0 fully saturated rings. The average Bonchev–Trinajstić information content (AvgIpc) is 2.39. The molecular weight excluding hydrogens is 288 g/mol. The number of rotatable bonds is 1. The minimum atomic E-state index is 0.788. The summed E-state index contributed by atoms with van der Waals surface area (Å²) in [5.74, 6) is 0.788. The molecule has 2 aromatic rings. The molecule has 0 amide bonds. The highest BCUT2D eigenvalue weighted by Gasteiger charge is 2.16. The second-order valence-corrected chi connectivity index (χ2v) is 5.25. The molecule has 1 heterocycles. The van der Waals surface area contributed by atoms with Crippen LogP contribution in [0, 0.1) is 0 Å². The van der Waals surface area contributed by atoms with Crippen LogP contribution >= 0.6 is 15.9 Å². The van der Waals surface area contributed by atoms with Crippen LogP contribution in [-0.4, -0.2) is 0 Å². The summed E-state index contributed by atoms with van der Waals surface area (Å²) in [4.78, 5) is 2.12. The van der Waals surface area contributed by atoms with E-state index in [1.807, 2.05) is 24.3 Å². The van der Waals surface area contributed by atoms with Gasteiger partial charge in [-0.1, -0.05) is 40.2 Å². The van der Waals surface area contributed by atoms with E-state index < -0.39 is 0 Å². The molecule has 0 unspecified atom stereocenters. The van der Waals surface area contributed by atoms with Crippen molar-refractivity contribution in [1.82, 2.24) is 0 Å². The van der Waals surface area contributed by atoms with Gasteiger partial charge < -0.3 is 10.6 Å². The summed E-state index contributed by atoms with van der Waals surface area (Å²) in [7, 11) is 0. The van der Waals surface area contributed by atoms with Crippen LogP contribution in [0.5, 0.6) is 0 Å². The Balaban J connectivity index is 1.99. The topological polar surface area (TPSA) is 29.3 Å². The zero-order valence-corrected chi connectivity index (χ0v) is 11.4. The Labute approximate surface area is 115 Å². The van der Waals surface area contributed by atoms with Crippen LogP contribution in [-0.2, 0) is 6.54 Å². The molecule has 0 aliphatic carbocycles. The Hall–Kier alpha value is -1.74. The molecule has 0 bridgehead atoms. The molecule has 1 aliphatic heterocycles. The average molecular weight is 301 g/mol. The van der Waals surface area contributed by atoms with Crippen molar-refractivity contribution in [3.63, 3.8) is 0 Å². The molecule has 3 rings (SSSR count). The van der Waals surface area contributed by atoms with E-state index in [0.29, 0.717) is 0 Å². The zero-order chi connectivity index (χ0) is 12.5. The fourth-order valence-electron chi connectivity index (χ4n) is 2.18. The van der Waals surface area contributed by atoms with Crippen molar-refractivity contribution in [1.29, 1.82) is 0 Å². The van der Waals surface area contributed by atoms with Gasteiger partial charge in [0.1, 0.15) is 5.82 Å². The van der Waals surface area contributed by atoms with Crippen molar-refractivity contribution in [3.8, 4) is 0 Å². The van der Waals surface area contributed by atoms with Crippen LogP contribution in [0.25, 0.3) is 6.08 Å². The molecule has 90 valence electrons. The normalized spacial score (nSPS) is 14.1. The Bertz CT molecular complexity index is 602. The van der Waals surface area contributed by atoms with Gasteiger partial charge in [-0.05, 0) is 41.5 Å². The first kappa shape index (κ1) is 11.4. The van der Waals surface area contributed by atoms with Crippen LogP contribution in [0.3, 0.4) is 0 Å². The lowest BCUT2D eigenvalue weighted by atomic mass is 10.0.